The van der Waals surface area contributed by atoms with Crippen molar-refractivity contribution in [2.24, 2.45) is 0 Å². The maximum Gasteiger partial charge on any atom is 0.142 e. The van der Waals surface area contributed by atoms with Crippen LogP contribution >= 0.6 is 31.9 Å². The number of ether oxygens (including phenoxy) is 2. The number of fused-ring (bicyclic) bond motifs is 1. The molecular formula is C16H15Br2NO2. The van der Waals surface area contributed by atoms with Crippen LogP contribution in [0, 0.1) is 0 Å². The molecule has 1 aliphatic heterocycles. The topological polar surface area (TPSA) is 30.5 Å². The molecule has 21 heavy (non-hydrogen) atoms. The molecule has 5 heteroatoms. The quantitative estimate of drug-likeness (QED) is 0.793. The lowest BCUT2D eigenvalue weighted by Gasteiger charge is -2.15. The Hall–Kier alpha value is -1.20. The smallest absolute Gasteiger partial charge is 0.142 e. The maximum absolute atomic E-state index is 5.95. The molecule has 0 bridgehead atoms. The van der Waals surface area contributed by atoms with Crippen molar-refractivity contribution in [1.82, 2.24) is 0 Å². The minimum atomic E-state index is 0.137. The van der Waals surface area contributed by atoms with Gasteiger partial charge in [-0.05, 0) is 42.0 Å². The summed E-state index contributed by atoms with van der Waals surface area (Å²) in [7, 11) is 1.67. The highest BCUT2D eigenvalue weighted by atomic mass is 79.9. The number of rotatable bonds is 4. The summed E-state index contributed by atoms with van der Waals surface area (Å²) in [6, 6.07) is 12.1. The molecule has 3 nitrogen and oxygen atoms in total. The highest BCUT2D eigenvalue weighted by molar-refractivity contribution is 9.10. The van der Waals surface area contributed by atoms with E-state index in [0.29, 0.717) is 0 Å². The van der Waals surface area contributed by atoms with E-state index < -0.39 is 0 Å². The number of halogens is 2. The second-order valence-electron chi connectivity index (χ2n) is 4.92. The normalized spacial score (nSPS) is 16.2. The van der Waals surface area contributed by atoms with Crippen LogP contribution in [0.25, 0.3) is 0 Å². The Morgan fingerprint density at radius 2 is 1.95 bits per heavy atom. The third-order valence-electron chi connectivity index (χ3n) is 3.45. The number of hydrogen-bond donors (Lipinski definition) is 1. The fourth-order valence-corrected chi connectivity index (χ4v) is 3.21. The van der Waals surface area contributed by atoms with E-state index in [1.807, 2.05) is 30.3 Å². The summed E-state index contributed by atoms with van der Waals surface area (Å²) < 4.78 is 13.4. The third kappa shape index (κ3) is 3.35. The Balaban J connectivity index is 1.66. The van der Waals surface area contributed by atoms with Gasteiger partial charge >= 0.3 is 0 Å². The van der Waals surface area contributed by atoms with E-state index in [9.17, 15) is 0 Å². The highest BCUT2D eigenvalue weighted by Crippen LogP contribution is 2.32. The molecule has 1 unspecified atom stereocenters. The molecule has 1 aliphatic rings. The standard InChI is InChI=1S/C16H15Br2NO2/c1-20-16-5-3-12(18)8-14(16)19-9-13-7-10-6-11(17)2-4-15(10)21-13/h2-6,8,13,19H,7,9H2,1H3. The van der Waals surface area contributed by atoms with Crippen LogP contribution in [0.5, 0.6) is 11.5 Å². The Morgan fingerprint density at radius 1 is 1.19 bits per heavy atom. The molecule has 110 valence electrons. The van der Waals surface area contributed by atoms with Gasteiger partial charge in [-0.3, -0.25) is 0 Å². The molecule has 3 rings (SSSR count). The summed E-state index contributed by atoms with van der Waals surface area (Å²) in [5, 5.41) is 3.40. The molecular weight excluding hydrogens is 398 g/mol. The van der Waals surface area contributed by atoms with E-state index in [0.717, 1.165) is 39.1 Å². The van der Waals surface area contributed by atoms with Gasteiger partial charge in [0, 0.05) is 15.4 Å². The average Bonchev–Trinajstić information content (AvgIpc) is 2.87. The highest BCUT2D eigenvalue weighted by Gasteiger charge is 2.23. The van der Waals surface area contributed by atoms with Gasteiger partial charge in [-0.15, -0.1) is 0 Å². The van der Waals surface area contributed by atoms with E-state index in [1.165, 1.54) is 5.56 Å². The predicted molar refractivity (Wildman–Crippen MR) is 91.4 cm³/mol. The first-order valence-electron chi connectivity index (χ1n) is 6.68. The van der Waals surface area contributed by atoms with Crippen LogP contribution in [0.4, 0.5) is 5.69 Å². The first-order valence-corrected chi connectivity index (χ1v) is 8.27. The summed E-state index contributed by atoms with van der Waals surface area (Å²) >= 11 is 6.97. The van der Waals surface area contributed by atoms with E-state index in [4.69, 9.17) is 9.47 Å². The fourth-order valence-electron chi connectivity index (χ4n) is 2.44. The van der Waals surface area contributed by atoms with Crippen molar-refractivity contribution in [2.75, 3.05) is 19.0 Å². The molecule has 0 saturated carbocycles. The molecule has 1 heterocycles. The molecule has 2 aromatic carbocycles. The zero-order valence-corrected chi connectivity index (χ0v) is 14.7. The lowest BCUT2D eigenvalue weighted by Crippen LogP contribution is -2.24. The van der Waals surface area contributed by atoms with Crippen molar-refractivity contribution in [1.29, 1.82) is 0 Å². The van der Waals surface area contributed by atoms with Crippen molar-refractivity contribution in [3.8, 4) is 11.5 Å². The Bertz CT molecular complexity index is 661. The van der Waals surface area contributed by atoms with Gasteiger partial charge in [0.15, 0.2) is 0 Å². The van der Waals surface area contributed by atoms with Gasteiger partial charge in [-0.1, -0.05) is 31.9 Å². The first-order chi connectivity index (χ1) is 10.2. The van der Waals surface area contributed by atoms with E-state index in [1.54, 1.807) is 7.11 Å². The number of anilines is 1. The van der Waals surface area contributed by atoms with Crippen LogP contribution in [0.1, 0.15) is 5.56 Å². The van der Waals surface area contributed by atoms with E-state index in [-0.39, 0.29) is 6.10 Å². The molecule has 2 aromatic rings. The lowest BCUT2D eigenvalue weighted by atomic mass is 10.1. The maximum atomic E-state index is 5.95. The molecule has 1 atom stereocenters. The monoisotopic (exact) mass is 411 g/mol. The predicted octanol–water partition coefficient (Wildman–Crippen LogP) is 4.64. The molecule has 0 radical (unpaired) electrons. The molecule has 0 saturated heterocycles. The summed E-state index contributed by atoms with van der Waals surface area (Å²) in [5.41, 5.74) is 2.21. The van der Waals surface area contributed by atoms with Crippen molar-refractivity contribution in [3.63, 3.8) is 0 Å². The van der Waals surface area contributed by atoms with Crippen molar-refractivity contribution in [3.05, 3.63) is 50.9 Å². The summed E-state index contributed by atoms with van der Waals surface area (Å²) in [5.74, 6) is 1.81. The second-order valence-corrected chi connectivity index (χ2v) is 6.75. The SMILES string of the molecule is COc1ccc(Br)cc1NCC1Cc2cc(Br)ccc2O1. The van der Waals surface area contributed by atoms with Crippen molar-refractivity contribution >= 4 is 37.5 Å². The van der Waals surface area contributed by atoms with Crippen LogP contribution in [0.15, 0.2) is 45.3 Å². The fraction of sp³-hybridized carbons (Fsp3) is 0.250. The molecule has 0 aliphatic carbocycles. The lowest BCUT2D eigenvalue weighted by molar-refractivity contribution is 0.246. The summed E-state index contributed by atoms with van der Waals surface area (Å²) in [6.07, 6.45) is 1.05. The molecule has 0 aromatic heterocycles. The van der Waals surface area contributed by atoms with Crippen LogP contribution in [0.3, 0.4) is 0 Å². The van der Waals surface area contributed by atoms with Crippen molar-refractivity contribution < 1.29 is 9.47 Å². The summed E-state index contributed by atoms with van der Waals surface area (Å²) in [4.78, 5) is 0. The number of hydrogen-bond acceptors (Lipinski definition) is 3. The largest absolute Gasteiger partial charge is 0.495 e. The van der Waals surface area contributed by atoms with Crippen molar-refractivity contribution in [2.45, 2.75) is 12.5 Å². The van der Waals surface area contributed by atoms with E-state index in [2.05, 4.69) is 43.2 Å². The zero-order chi connectivity index (χ0) is 14.8. The second kappa shape index (κ2) is 6.28. The minimum Gasteiger partial charge on any atom is -0.495 e. The van der Waals surface area contributed by atoms with E-state index >= 15 is 0 Å². The van der Waals surface area contributed by atoms with Crippen LogP contribution in [-0.4, -0.2) is 19.8 Å². The number of benzene rings is 2. The Morgan fingerprint density at radius 3 is 2.76 bits per heavy atom. The molecule has 0 fully saturated rings. The van der Waals surface area contributed by atoms with Crippen LogP contribution < -0.4 is 14.8 Å². The van der Waals surface area contributed by atoms with Gasteiger partial charge < -0.3 is 14.8 Å². The zero-order valence-electron chi connectivity index (χ0n) is 11.5. The van der Waals surface area contributed by atoms with Gasteiger partial charge in [-0.25, -0.2) is 0 Å². The van der Waals surface area contributed by atoms with Gasteiger partial charge in [0.1, 0.15) is 17.6 Å². The van der Waals surface area contributed by atoms with Gasteiger partial charge in [-0.2, -0.15) is 0 Å². The first kappa shape index (κ1) is 14.7. The van der Waals surface area contributed by atoms with Gasteiger partial charge in [0.2, 0.25) is 0 Å². The summed E-state index contributed by atoms with van der Waals surface area (Å²) in [6.45, 7) is 0.735. The number of methoxy groups -OCH3 is 1. The van der Waals surface area contributed by atoms with Crippen LogP contribution in [0.2, 0.25) is 0 Å². The van der Waals surface area contributed by atoms with Gasteiger partial charge in [0.05, 0.1) is 19.3 Å². The molecule has 1 N–H and O–H groups in total. The minimum absolute atomic E-state index is 0.137. The van der Waals surface area contributed by atoms with Gasteiger partial charge in [0.25, 0.3) is 0 Å². The molecule has 0 amide bonds. The Kier molecular flexibility index (Phi) is 4.40. The third-order valence-corrected chi connectivity index (χ3v) is 4.43. The van der Waals surface area contributed by atoms with Crippen LogP contribution in [-0.2, 0) is 6.42 Å². The molecule has 0 spiro atoms. The Labute approximate surface area is 140 Å². The number of nitrogens with one attached hydrogen (secondary N) is 1. The average molecular weight is 413 g/mol.